The molecule has 0 unspecified atom stereocenters. The molecule has 0 spiro atoms. The van der Waals surface area contributed by atoms with E-state index in [1.54, 1.807) is 26.2 Å². The van der Waals surface area contributed by atoms with Crippen LogP contribution in [0.1, 0.15) is 27.0 Å². The van der Waals surface area contributed by atoms with E-state index in [0.29, 0.717) is 16.9 Å². The first kappa shape index (κ1) is 22.4. The summed E-state index contributed by atoms with van der Waals surface area (Å²) in [6.45, 7) is 5.39. The molecule has 0 saturated heterocycles. The van der Waals surface area contributed by atoms with Crippen LogP contribution < -0.4 is 9.62 Å². The molecule has 2 rings (SSSR count). The number of hydrogen-bond acceptors (Lipinski definition) is 4. The number of rotatable bonds is 6. The lowest BCUT2D eigenvalue weighted by Gasteiger charge is -2.23. The van der Waals surface area contributed by atoms with Crippen LogP contribution in [0.2, 0.25) is 0 Å². The van der Waals surface area contributed by atoms with Gasteiger partial charge < -0.3 is 10.2 Å². The van der Waals surface area contributed by atoms with Crippen LogP contribution in [-0.4, -0.2) is 52.0 Å². The van der Waals surface area contributed by atoms with Gasteiger partial charge >= 0.3 is 0 Å². The van der Waals surface area contributed by atoms with Crippen molar-refractivity contribution in [3.63, 3.8) is 0 Å². The Bertz CT molecular complexity index is 1010. The predicted molar refractivity (Wildman–Crippen MR) is 116 cm³/mol. The summed E-state index contributed by atoms with van der Waals surface area (Å²) < 4.78 is 25.6. The molecule has 0 aliphatic rings. The molecule has 0 saturated carbocycles. The smallest absolute Gasteiger partial charge is 0.253 e. The largest absolute Gasteiger partial charge is 0.345 e. The Balaban J connectivity index is 2.26. The first-order valence-electron chi connectivity index (χ1n) is 9.07. The third-order valence-electron chi connectivity index (χ3n) is 4.44. The molecule has 29 heavy (non-hydrogen) atoms. The lowest BCUT2D eigenvalue weighted by atomic mass is 10.1. The van der Waals surface area contributed by atoms with E-state index in [4.69, 9.17) is 0 Å². The maximum atomic E-state index is 12.6. The van der Waals surface area contributed by atoms with Crippen molar-refractivity contribution in [3.8, 4) is 0 Å². The van der Waals surface area contributed by atoms with E-state index in [1.807, 2.05) is 32.9 Å². The predicted octanol–water partition coefficient (Wildman–Crippen LogP) is 2.72. The van der Waals surface area contributed by atoms with Gasteiger partial charge in [0.05, 0.1) is 11.9 Å². The van der Waals surface area contributed by atoms with Crippen LogP contribution in [0.15, 0.2) is 36.4 Å². The summed E-state index contributed by atoms with van der Waals surface area (Å²) in [7, 11) is -0.430. The van der Waals surface area contributed by atoms with Gasteiger partial charge in [0.2, 0.25) is 15.9 Å². The van der Waals surface area contributed by atoms with Gasteiger partial charge in [0, 0.05) is 25.3 Å². The SMILES string of the molecule is Cc1cc(C)c(NC(=O)CN(c2ccc(C(=O)N(C)C)cc2)S(C)(=O)=O)c(C)c1. The maximum Gasteiger partial charge on any atom is 0.253 e. The second-order valence-electron chi connectivity index (χ2n) is 7.34. The van der Waals surface area contributed by atoms with Crippen molar-refractivity contribution in [1.82, 2.24) is 4.90 Å². The number of hydrogen-bond donors (Lipinski definition) is 1. The van der Waals surface area contributed by atoms with Gasteiger partial charge in [-0.3, -0.25) is 13.9 Å². The molecule has 0 heterocycles. The number of aryl methyl sites for hydroxylation is 3. The number of nitrogens with zero attached hydrogens (tertiary/aromatic N) is 2. The molecule has 2 amide bonds. The molecule has 0 atom stereocenters. The Hall–Kier alpha value is -2.87. The van der Waals surface area contributed by atoms with E-state index >= 15 is 0 Å². The minimum absolute atomic E-state index is 0.189. The molecular formula is C21H27N3O4S. The first-order valence-corrected chi connectivity index (χ1v) is 10.9. The van der Waals surface area contributed by atoms with E-state index in [1.165, 1.54) is 17.0 Å². The highest BCUT2D eigenvalue weighted by Crippen LogP contribution is 2.23. The second kappa shape index (κ2) is 8.65. The molecule has 0 fully saturated rings. The molecular weight excluding hydrogens is 390 g/mol. The Morgan fingerprint density at radius 1 is 0.966 bits per heavy atom. The monoisotopic (exact) mass is 417 g/mol. The number of amides is 2. The van der Waals surface area contributed by atoms with E-state index in [9.17, 15) is 18.0 Å². The van der Waals surface area contributed by atoms with E-state index in [0.717, 1.165) is 27.3 Å². The zero-order valence-electron chi connectivity index (χ0n) is 17.6. The van der Waals surface area contributed by atoms with Crippen LogP contribution in [0.25, 0.3) is 0 Å². The molecule has 0 aliphatic heterocycles. The Labute approximate surface area is 172 Å². The summed E-state index contributed by atoms with van der Waals surface area (Å²) in [5.74, 6) is -0.635. The average molecular weight is 418 g/mol. The highest BCUT2D eigenvalue weighted by molar-refractivity contribution is 7.92. The summed E-state index contributed by atoms with van der Waals surface area (Å²) in [5.41, 5.74) is 4.34. The zero-order valence-corrected chi connectivity index (χ0v) is 18.4. The summed E-state index contributed by atoms with van der Waals surface area (Å²) >= 11 is 0. The van der Waals surface area contributed by atoms with Crippen LogP contribution in [0.3, 0.4) is 0 Å². The molecule has 0 bridgehead atoms. The number of anilines is 2. The van der Waals surface area contributed by atoms with Crippen molar-refractivity contribution in [2.24, 2.45) is 0 Å². The second-order valence-corrected chi connectivity index (χ2v) is 9.24. The normalized spacial score (nSPS) is 11.1. The molecule has 2 aromatic rings. The highest BCUT2D eigenvalue weighted by Gasteiger charge is 2.22. The summed E-state index contributed by atoms with van der Waals surface area (Å²) in [6.07, 6.45) is 1.04. The van der Waals surface area contributed by atoms with E-state index < -0.39 is 15.9 Å². The van der Waals surface area contributed by atoms with Gasteiger partial charge in [-0.15, -0.1) is 0 Å². The van der Waals surface area contributed by atoms with Crippen LogP contribution in [-0.2, 0) is 14.8 Å². The zero-order chi connectivity index (χ0) is 21.9. The molecule has 1 N–H and O–H groups in total. The third-order valence-corrected chi connectivity index (χ3v) is 5.58. The fourth-order valence-corrected chi connectivity index (χ4v) is 3.97. The van der Waals surface area contributed by atoms with E-state index in [2.05, 4.69) is 5.32 Å². The van der Waals surface area contributed by atoms with Crippen molar-refractivity contribution >= 4 is 33.2 Å². The van der Waals surface area contributed by atoms with Crippen molar-refractivity contribution in [3.05, 3.63) is 58.7 Å². The van der Waals surface area contributed by atoms with Gasteiger partial charge in [-0.2, -0.15) is 0 Å². The van der Waals surface area contributed by atoms with Crippen molar-refractivity contribution in [2.45, 2.75) is 20.8 Å². The number of sulfonamides is 1. The average Bonchev–Trinajstić information content (AvgIpc) is 2.61. The summed E-state index contributed by atoms with van der Waals surface area (Å²) in [5, 5.41) is 2.82. The molecule has 8 heteroatoms. The maximum absolute atomic E-state index is 12.6. The van der Waals surface area contributed by atoms with Gasteiger partial charge in [-0.1, -0.05) is 17.7 Å². The number of nitrogens with one attached hydrogen (secondary N) is 1. The van der Waals surface area contributed by atoms with Crippen LogP contribution in [0, 0.1) is 20.8 Å². The standard InChI is InChI=1S/C21H27N3O4S/c1-14-11-15(2)20(16(3)12-14)22-19(25)13-24(29(6,27)28)18-9-7-17(8-10-18)21(26)23(4)5/h7-12H,13H2,1-6H3,(H,22,25). The first-order chi connectivity index (χ1) is 13.4. The summed E-state index contributed by atoms with van der Waals surface area (Å²) in [4.78, 5) is 26.1. The minimum atomic E-state index is -3.70. The third kappa shape index (κ3) is 5.57. The Morgan fingerprint density at radius 3 is 1.93 bits per heavy atom. The van der Waals surface area contributed by atoms with Crippen molar-refractivity contribution in [1.29, 1.82) is 0 Å². The summed E-state index contributed by atoms with van der Waals surface area (Å²) in [6, 6.07) is 10.0. The van der Waals surface area contributed by atoms with Crippen LogP contribution >= 0.6 is 0 Å². The Kier molecular flexibility index (Phi) is 6.69. The van der Waals surface area contributed by atoms with Gasteiger partial charge in [0.1, 0.15) is 6.54 Å². The van der Waals surface area contributed by atoms with E-state index in [-0.39, 0.29) is 12.5 Å². The lowest BCUT2D eigenvalue weighted by molar-refractivity contribution is -0.114. The minimum Gasteiger partial charge on any atom is -0.345 e. The quantitative estimate of drug-likeness (QED) is 0.783. The van der Waals surface area contributed by atoms with Gasteiger partial charge in [-0.25, -0.2) is 8.42 Å². The van der Waals surface area contributed by atoms with Gasteiger partial charge in [-0.05, 0) is 56.2 Å². The molecule has 0 aromatic heterocycles. The number of benzene rings is 2. The van der Waals surface area contributed by atoms with Crippen molar-refractivity contribution < 1.29 is 18.0 Å². The number of carbonyl (C=O) groups excluding carboxylic acids is 2. The Morgan fingerprint density at radius 2 is 1.48 bits per heavy atom. The highest BCUT2D eigenvalue weighted by atomic mass is 32.2. The molecule has 0 aliphatic carbocycles. The molecule has 0 radical (unpaired) electrons. The molecule has 7 nitrogen and oxygen atoms in total. The fourth-order valence-electron chi connectivity index (χ4n) is 3.12. The topological polar surface area (TPSA) is 86.8 Å². The molecule has 156 valence electrons. The van der Waals surface area contributed by atoms with Crippen molar-refractivity contribution in [2.75, 3.05) is 36.5 Å². The van der Waals surface area contributed by atoms with Gasteiger partial charge in [0.25, 0.3) is 5.91 Å². The fraction of sp³-hybridized carbons (Fsp3) is 0.333. The van der Waals surface area contributed by atoms with Crippen LogP contribution in [0.4, 0.5) is 11.4 Å². The van der Waals surface area contributed by atoms with Crippen LogP contribution in [0.5, 0.6) is 0 Å². The number of carbonyl (C=O) groups is 2. The molecule has 2 aromatic carbocycles. The van der Waals surface area contributed by atoms with Gasteiger partial charge in [0.15, 0.2) is 0 Å². The lowest BCUT2D eigenvalue weighted by Crippen LogP contribution is -2.37.